The first-order valence-electron chi connectivity index (χ1n) is 9.02. The molecule has 1 heterocycles. The minimum Gasteiger partial charge on any atom is -0.449 e. The van der Waals surface area contributed by atoms with E-state index in [2.05, 4.69) is 15.9 Å². The lowest BCUT2D eigenvalue weighted by Crippen LogP contribution is -2.53. The molecule has 7 heteroatoms. The predicted octanol–water partition coefficient (Wildman–Crippen LogP) is 3.31. The number of primary amides is 1. The average molecular weight is 428 g/mol. The van der Waals surface area contributed by atoms with Crippen molar-refractivity contribution in [1.29, 1.82) is 0 Å². The summed E-state index contributed by atoms with van der Waals surface area (Å²) >= 11 is 3.44. The number of halogens is 1. The summed E-state index contributed by atoms with van der Waals surface area (Å²) in [7, 11) is 0. The lowest BCUT2D eigenvalue weighted by atomic mass is 9.68. The normalized spacial score (nSPS) is 27.2. The lowest BCUT2D eigenvalue weighted by molar-refractivity contribution is -0.231. The molecule has 144 valence electrons. The Kier molecular flexibility index (Phi) is 5.91. The zero-order valence-corrected chi connectivity index (χ0v) is 16.5. The van der Waals surface area contributed by atoms with Gasteiger partial charge in [0.05, 0.1) is 25.4 Å². The van der Waals surface area contributed by atoms with Crippen molar-refractivity contribution >= 4 is 22.0 Å². The Balaban J connectivity index is 1.86. The summed E-state index contributed by atoms with van der Waals surface area (Å²) in [6.07, 6.45) is 1.70. The zero-order valence-electron chi connectivity index (χ0n) is 14.9. The van der Waals surface area contributed by atoms with Gasteiger partial charge < -0.3 is 25.1 Å². The Bertz CT molecular complexity index is 631. The van der Waals surface area contributed by atoms with Gasteiger partial charge in [-0.05, 0) is 36.5 Å². The van der Waals surface area contributed by atoms with Gasteiger partial charge in [0.1, 0.15) is 0 Å². The van der Waals surface area contributed by atoms with E-state index in [0.29, 0.717) is 26.1 Å². The van der Waals surface area contributed by atoms with Crippen LogP contribution in [0.5, 0.6) is 0 Å². The smallest absolute Gasteiger partial charge is 0.404 e. The van der Waals surface area contributed by atoms with Gasteiger partial charge in [0.15, 0.2) is 5.79 Å². The molecule has 3 atom stereocenters. The zero-order chi connectivity index (χ0) is 18.8. The highest BCUT2D eigenvalue weighted by atomic mass is 79.9. The molecule has 3 rings (SSSR count). The Labute approximate surface area is 162 Å². The number of carbonyl (C=O) groups is 1. The van der Waals surface area contributed by atoms with Crippen LogP contribution in [-0.4, -0.2) is 42.4 Å². The van der Waals surface area contributed by atoms with E-state index in [1.54, 1.807) is 0 Å². The summed E-state index contributed by atoms with van der Waals surface area (Å²) in [5, 5.41) is 11.6. The van der Waals surface area contributed by atoms with Crippen LogP contribution in [0.1, 0.15) is 44.1 Å². The second-order valence-electron chi connectivity index (χ2n) is 7.32. The van der Waals surface area contributed by atoms with E-state index < -0.39 is 17.5 Å². The number of benzene rings is 1. The van der Waals surface area contributed by atoms with Crippen LogP contribution in [0.4, 0.5) is 4.79 Å². The van der Waals surface area contributed by atoms with Gasteiger partial charge in [0.2, 0.25) is 0 Å². The molecular formula is C19H26BrNO5. The number of hydrogen-bond acceptors (Lipinski definition) is 5. The molecule has 1 aliphatic carbocycles. The van der Waals surface area contributed by atoms with Crippen molar-refractivity contribution in [3.8, 4) is 0 Å². The predicted molar refractivity (Wildman–Crippen MR) is 99.6 cm³/mol. The largest absolute Gasteiger partial charge is 0.449 e. The molecule has 2 fully saturated rings. The fourth-order valence-electron chi connectivity index (χ4n) is 4.30. The van der Waals surface area contributed by atoms with Crippen molar-refractivity contribution in [2.24, 2.45) is 11.7 Å². The molecule has 0 aromatic heterocycles. The van der Waals surface area contributed by atoms with E-state index in [9.17, 15) is 9.90 Å². The van der Waals surface area contributed by atoms with Crippen molar-refractivity contribution < 1.29 is 24.1 Å². The minimum atomic E-state index is -1.06. The molecule has 0 bridgehead atoms. The third-order valence-electron chi connectivity index (χ3n) is 5.65. The van der Waals surface area contributed by atoms with Gasteiger partial charge in [-0.15, -0.1) is 0 Å². The van der Waals surface area contributed by atoms with E-state index in [4.69, 9.17) is 19.9 Å². The summed E-state index contributed by atoms with van der Waals surface area (Å²) in [6.45, 7) is 3.18. The molecule has 1 aromatic carbocycles. The highest BCUT2D eigenvalue weighted by Gasteiger charge is 2.52. The fraction of sp³-hybridized carbons (Fsp3) is 0.632. The van der Waals surface area contributed by atoms with Crippen LogP contribution in [0.3, 0.4) is 0 Å². The second-order valence-corrected chi connectivity index (χ2v) is 8.23. The van der Waals surface area contributed by atoms with E-state index in [1.165, 1.54) is 0 Å². The summed E-state index contributed by atoms with van der Waals surface area (Å²) in [6, 6.07) is 7.95. The number of amides is 1. The van der Waals surface area contributed by atoms with Gasteiger partial charge in [0.25, 0.3) is 0 Å². The SMILES string of the molecule is C[C@H](c1ccc(Br)cc1)C(COC(N)=O)C1(O)CCCC2(C1)OCCO2. The summed E-state index contributed by atoms with van der Waals surface area (Å²) in [5.41, 5.74) is 5.19. The van der Waals surface area contributed by atoms with Crippen LogP contribution in [0.15, 0.2) is 28.7 Å². The van der Waals surface area contributed by atoms with E-state index in [1.807, 2.05) is 31.2 Å². The molecule has 1 saturated carbocycles. The standard InChI is InChI=1S/C19H26BrNO5/c1-13(14-3-5-15(20)6-4-14)16(11-24-17(21)22)18(23)7-2-8-19(12-18)25-9-10-26-19/h3-6,13,16,23H,2,7-12H2,1H3,(H2,21,22)/t13-,16?,18?/m1/s1. The van der Waals surface area contributed by atoms with Crippen molar-refractivity contribution in [2.45, 2.75) is 49.9 Å². The molecule has 2 aliphatic rings. The van der Waals surface area contributed by atoms with Gasteiger partial charge in [0, 0.05) is 23.2 Å². The van der Waals surface area contributed by atoms with E-state index >= 15 is 0 Å². The second kappa shape index (κ2) is 7.84. The van der Waals surface area contributed by atoms with Crippen LogP contribution in [0.25, 0.3) is 0 Å². The minimum absolute atomic E-state index is 0.0380. The summed E-state index contributed by atoms with van der Waals surface area (Å²) in [4.78, 5) is 11.2. The summed E-state index contributed by atoms with van der Waals surface area (Å²) in [5.74, 6) is -1.08. The third kappa shape index (κ3) is 4.22. The molecular weight excluding hydrogens is 402 g/mol. The van der Waals surface area contributed by atoms with E-state index in [0.717, 1.165) is 22.9 Å². The molecule has 6 nitrogen and oxygen atoms in total. The van der Waals surface area contributed by atoms with Gasteiger partial charge in [-0.25, -0.2) is 4.79 Å². The molecule has 1 aromatic rings. The Morgan fingerprint density at radius 2 is 1.96 bits per heavy atom. The Morgan fingerprint density at radius 3 is 2.58 bits per heavy atom. The molecule has 1 aliphatic heterocycles. The van der Waals surface area contributed by atoms with Crippen LogP contribution in [0.2, 0.25) is 0 Å². The van der Waals surface area contributed by atoms with Gasteiger partial charge in [-0.2, -0.15) is 0 Å². The van der Waals surface area contributed by atoms with Crippen molar-refractivity contribution in [1.82, 2.24) is 0 Å². The summed E-state index contributed by atoms with van der Waals surface area (Å²) < 4.78 is 17.8. The maximum absolute atomic E-state index is 11.6. The molecule has 2 unspecified atom stereocenters. The molecule has 3 N–H and O–H groups in total. The lowest BCUT2D eigenvalue weighted by Gasteiger charge is -2.47. The first-order valence-corrected chi connectivity index (χ1v) is 9.81. The molecule has 1 amide bonds. The first kappa shape index (κ1) is 19.6. The number of nitrogens with two attached hydrogens (primary N) is 1. The van der Waals surface area contributed by atoms with Crippen molar-refractivity contribution in [2.75, 3.05) is 19.8 Å². The van der Waals surface area contributed by atoms with Crippen LogP contribution in [0, 0.1) is 5.92 Å². The maximum Gasteiger partial charge on any atom is 0.404 e. The Hall–Kier alpha value is -1.15. The third-order valence-corrected chi connectivity index (χ3v) is 6.18. The molecule has 1 saturated heterocycles. The van der Waals surface area contributed by atoms with E-state index in [-0.39, 0.29) is 18.4 Å². The van der Waals surface area contributed by atoms with Gasteiger partial charge in [-0.1, -0.05) is 35.0 Å². The monoisotopic (exact) mass is 427 g/mol. The van der Waals surface area contributed by atoms with Gasteiger partial charge >= 0.3 is 6.09 Å². The Morgan fingerprint density at radius 1 is 1.31 bits per heavy atom. The number of hydrogen-bond donors (Lipinski definition) is 2. The van der Waals surface area contributed by atoms with Crippen LogP contribution in [-0.2, 0) is 14.2 Å². The first-order chi connectivity index (χ1) is 12.3. The molecule has 1 spiro atoms. The molecule has 26 heavy (non-hydrogen) atoms. The number of carbonyl (C=O) groups excluding carboxylic acids is 1. The maximum atomic E-state index is 11.6. The van der Waals surface area contributed by atoms with Crippen LogP contribution >= 0.6 is 15.9 Å². The van der Waals surface area contributed by atoms with Crippen molar-refractivity contribution in [3.63, 3.8) is 0 Å². The van der Waals surface area contributed by atoms with Crippen LogP contribution < -0.4 is 5.73 Å². The topological polar surface area (TPSA) is 91.0 Å². The number of ether oxygens (including phenoxy) is 3. The quantitative estimate of drug-likeness (QED) is 0.751. The van der Waals surface area contributed by atoms with Crippen molar-refractivity contribution in [3.05, 3.63) is 34.3 Å². The highest BCUT2D eigenvalue weighted by molar-refractivity contribution is 9.10. The molecule has 0 radical (unpaired) electrons. The number of aliphatic hydroxyl groups is 1. The highest BCUT2D eigenvalue weighted by Crippen LogP contribution is 2.47. The number of rotatable bonds is 5. The fourth-order valence-corrected chi connectivity index (χ4v) is 4.57. The average Bonchev–Trinajstić information content (AvgIpc) is 3.02. The van der Waals surface area contributed by atoms with Gasteiger partial charge in [-0.3, -0.25) is 0 Å².